The van der Waals surface area contributed by atoms with E-state index in [4.69, 9.17) is 0 Å². The molecule has 11 heteroatoms. The number of aliphatic hydroxyl groups excluding tert-OH is 1. The molecule has 32 heavy (non-hydrogen) atoms. The molecule has 1 atom stereocenters. The first-order valence-electron chi connectivity index (χ1n) is 9.64. The van der Waals surface area contributed by atoms with Crippen molar-refractivity contribution in [1.82, 2.24) is 15.0 Å². The van der Waals surface area contributed by atoms with E-state index in [0.29, 0.717) is 42.1 Å². The third-order valence-electron chi connectivity index (χ3n) is 4.81. The number of rotatable bonds is 5. The van der Waals surface area contributed by atoms with Crippen LogP contribution in [-0.4, -0.2) is 51.5 Å². The van der Waals surface area contributed by atoms with E-state index in [0.717, 1.165) is 12.1 Å². The lowest BCUT2D eigenvalue weighted by atomic mass is 10.1. The smallest absolute Gasteiger partial charge is 0.406 e. The van der Waals surface area contributed by atoms with E-state index >= 15 is 0 Å². The summed E-state index contributed by atoms with van der Waals surface area (Å²) in [5.74, 6) is -0.282. The molecule has 0 spiro atoms. The van der Waals surface area contributed by atoms with Crippen LogP contribution in [0, 0.1) is 0 Å². The summed E-state index contributed by atoms with van der Waals surface area (Å²) < 4.78 is 40.7. The van der Waals surface area contributed by atoms with E-state index < -0.39 is 18.4 Å². The Kier molecular flexibility index (Phi) is 5.91. The standard InChI is InChI=1S/C21H18F3N5O3/c22-21(23,24)32-17-3-1-15(2-4-17)28-20(31)13-7-18(14-8-25-12-26-9-14)19(27-10-13)29-6-5-16(30)11-29/h1-4,7-10,12,16,30H,5-6,11H2,(H,28,31). The van der Waals surface area contributed by atoms with Crippen molar-refractivity contribution < 1.29 is 27.8 Å². The molecule has 0 radical (unpaired) electrons. The van der Waals surface area contributed by atoms with E-state index in [9.17, 15) is 23.1 Å². The highest BCUT2D eigenvalue weighted by molar-refractivity contribution is 6.05. The second-order valence-corrected chi connectivity index (χ2v) is 7.14. The minimum absolute atomic E-state index is 0.239. The summed E-state index contributed by atoms with van der Waals surface area (Å²) in [4.78, 5) is 27.2. The fourth-order valence-electron chi connectivity index (χ4n) is 3.36. The molecule has 3 heterocycles. The molecule has 1 aliphatic heterocycles. The number of aromatic nitrogens is 3. The van der Waals surface area contributed by atoms with Crippen LogP contribution in [-0.2, 0) is 0 Å². The first kappa shape index (κ1) is 21.5. The van der Waals surface area contributed by atoms with Crippen molar-refractivity contribution in [2.24, 2.45) is 0 Å². The van der Waals surface area contributed by atoms with Crippen LogP contribution < -0.4 is 15.0 Å². The average Bonchev–Trinajstić information content (AvgIpc) is 3.20. The summed E-state index contributed by atoms with van der Waals surface area (Å²) in [5, 5.41) is 12.5. The number of pyridine rings is 1. The Morgan fingerprint density at radius 2 is 1.88 bits per heavy atom. The molecule has 1 unspecified atom stereocenters. The third-order valence-corrected chi connectivity index (χ3v) is 4.81. The number of β-amino-alcohol motifs (C(OH)–C–C–N with tert-alkyl or cyclic N) is 1. The SMILES string of the molecule is O=C(Nc1ccc(OC(F)(F)F)cc1)c1cnc(N2CCC(O)C2)c(-c2cncnc2)c1. The number of halogens is 3. The van der Waals surface area contributed by atoms with E-state index in [1.807, 2.05) is 4.90 Å². The van der Waals surface area contributed by atoms with Crippen molar-refractivity contribution >= 4 is 17.4 Å². The Balaban J connectivity index is 1.57. The number of carbonyl (C=O) groups is 1. The van der Waals surface area contributed by atoms with Gasteiger partial charge in [0.1, 0.15) is 17.9 Å². The molecule has 8 nitrogen and oxygen atoms in total. The number of alkyl halides is 3. The highest BCUT2D eigenvalue weighted by Gasteiger charge is 2.31. The minimum Gasteiger partial charge on any atom is -0.406 e. The lowest BCUT2D eigenvalue weighted by molar-refractivity contribution is -0.274. The number of hydrogen-bond donors (Lipinski definition) is 2. The number of carbonyl (C=O) groups excluding carboxylic acids is 1. The van der Waals surface area contributed by atoms with Crippen molar-refractivity contribution in [2.45, 2.75) is 18.9 Å². The van der Waals surface area contributed by atoms with Crippen molar-refractivity contribution in [3.63, 3.8) is 0 Å². The Morgan fingerprint density at radius 3 is 2.50 bits per heavy atom. The summed E-state index contributed by atoms with van der Waals surface area (Å²) in [5.41, 5.74) is 1.81. The first-order chi connectivity index (χ1) is 15.3. The summed E-state index contributed by atoms with van der Waals surface area (Å²) in [6.45, 7) is 1.04. The van der Waals surface area contributed by atoms with Crippen molar-refractivity contribution in [3.05, 3.63) is 60.8 Å². The summed E-state index contributed by atoms with van der Waals surface area (Å²) in [7, 11) is 0. The molecular weight excluding hydrogens is 427 g/mol. The maximum Gasteiger partial charge on any atom is 0.573 e. The largest absolute Gasteiger partial charge is 0.573 e. The fourth-order valence-corrected chi connectivity index (χ4v) is 3.36. The van der Waals surface area contributed by atoms with Crippen LogP contribution in [0.4, 0.5) is 24.7 Å². The Morgan fingerprint density at radius 1 is 1.16 bits per heavy atom. The van der Waals surface area contributed by atoms with Crippen LogP contribution in [0.1, 0.15) is 16.8 Å². The molecular formula is C21H18F3N5O3. The number of amides is 1. The van der Waals surface area contributed by atoms with Gasteiger partial charge >= 0.3 is 6.36 Å². The zero-order valence-corrected chi connectivity index (χ0v) is 16.6. The van der Waals surface area contributed by atoms with Crippen LogP contribution in [0.3, 0.4) is 0 Å². The van der Waals surface area contributed by atoms with Gasteiger partial charge in [0.15, 0.2) is 0 Å². The van der Waals surface area contributed by atoms with Crippen LogP contribution in [0.25, 0.3) is 11.1 Å². The van der Waals surface area contributed by atoms with Gasteiger partial charge in [-0.05, 0) is 36.8 Å². The molecule has 1 fully saturated rings. The number of nitrogens with one attached hydrogen (secondary N) is 1. The lowest BCUT2D eigenvalue weighted by Crippen LogP contribution is -2.23. The molecule has 0 aliphatic carbocycles. The van der Waals surface area contributed by atoms with Gasteiger partial charge in [-0.1, -0.05) is 0 Å². The third kappa shape index (κ3) is 5.11. The van der Waals surface area contributed by atoms with Gasteiger partial charge in [0, 0.05) is 48.5 Å². The number of hydrogen-bond acceptors (Lipinski definition) is 7. The van der Waals surface area contributed by atoms with E-state index in [1.54, 1.807) is 18.5 Å². The Hall–Kier alpha value is -3.73. The number of anilines is 2. The molecule has 2 aromatic heterocycles. The lowest BCUT2D eigenvalue weighted by Gasteiger charge is -2.20. The highest BCUT2D eigenvalue weighted by Crippen LogP contribution is 2.31. The maximum atomic E-state index is 12.7. The molecule has 1 aromatic carbocycles. The van der Waals surface area contributed by atoms with E-state index in [2.05, 4.69) is 25.0 Å². The zero-order chi connectivity index (χ0) is 22.7. The van der Waals surface area contributed by atoms with Gasteiger partial charge in [0.25, 0.3) is 5.91 Å². The van der Waals surface area contributed by atoms with Crippen LogP contribution >= 0.6 is 0 Å². The second-order valence-electron chi connectivity index (χ2n) is 7.14. The quantitative estimate of drug-likeness (QED) is 0.622. The molecule has 4 rings (SSSR count). The molecule has 1 amide bonds. The van der Waals surface area contributed by atoms with Crippen LogP contribution in [0.2, 0.25) is 0 Å². The number of nitrogens with zero attached hydrogens (tertiary/aromatic N) is 4. The van der Waals surface area contributed by atoms with Crippen LogP contribution in [0.5, 0.6) is 5.75 Å². The molecule has 1 saturated heterocycles. The molecule has 2 N–H and O–H groups in total. The predicted molar refractivity (Wildman–Crippen MR) is 109 cm³/mol. The highest BCUT2D eigenvalue weighted by atomic mass is 19.4. The van der Waals surface area contributed by atoms with E-state index in [1.165, 1.54) is 24.7 Å². The number of aliphatic hydroxyl groups is 1. The monoisotopic (exact) mass is 445 g/mol. The van der Waals surface area contributed by atoms with Gasteiger partial charge in [-0.15, -0.1) is 13.2 Å². The normalized spacial score (nSPS) is 16.1. The van der Waals surface area contributed by atoms with E-state index in [-0.39, 0.29) is 11.3 Å². The molecule has 3 aromatic rings. The summed E-state index contributed by atoms with van der Waals surface area (Å²) in [6.07, 6.45) is 1.36. The van der Waals surface area contributed by atoms with Gasteiger partial charge in [-0.2, -0.15) is 0 Å². The van der Waals surface area contributed by atoms with Crippen molar-refractivity contribution in [3.8, 4) is 16.9 Å². The molecule has 0 bridgehead atoms. The average molecular weight is 445 g/mol. The topological polar surface area (TPSA) is 100 Å². The Bertz CT molecular complexity index is 1090. The first-order valence-corrected chi connectivity index (χ1v) is 9.64. The Labute approximate surface area is 180 Å². The predicted octanol–water partition coefficient (Wildman–Crippen LogP) is 3.26. The van der Waals surface area contributed by atoms with Gasteiger partial charge in [-0.25, -0.2) is 15.0 Å². The number of ether oxygens (including phenoxy) is 1. The maximum absolute atomic E-state index is 12.7. The summed E-state index contributed by atoms with van der Waals surface area (Å²) in [6, 6.07) is 6.46. The van der Waals surface area contributed by atoms with Gasteiger partial charge in [0.05, 0.1) is 11.7 Å². The fraction of sp³-hybridized carbons (Fsp3) is 0.238. The zero-order valence-electron chi connectivity index (χ0n) is 16.6. The molecule has 166 valence electrons. The van der Waals surface area contributed by atoms with Gasteiger partial charge < -0.3 is 20.1 Å². The van der Waals surface area contributed by atoms with Crippen molar-refractivity contribution in [1.29, 1.82) is 0 Å². The summed E-state index contributed by atoms with van der Waals surface area (Å²) >= 11 is 0. The van der Waals surface area contributed by atoms with Crippen LogP contribution in [0.15, 0.2) is 55.2 Å². The molecule has 1 aliphatic rings. The van der Waals surface area contributed by atoms with Gasteiger partial charge in [-0.3, -0.25) is 4.79 Å². The second kappa shape index (κ2) is 8.79. The van der Waals surface area contributed by atoms with Gasteiger partial charge in [0.2, 0.25) is 0 Å². The molecule has 0 saturated carbocycles. The van der Waals surface area contributed by atoms with Crippen molar-refractivity contribution in [2.75, 3.05) is 23.3 Å². The minimum atomic E-state index is -4.79. The number of benzene rings is 1.